The first kappa shape index (κ1) is 16.6. The lowest BCUT2D eigenvalue weighted by atomic mass is 10.0. The van der Waals surface area contributed by atoms with E-state index in [1.165, 1.54) is 0 Å². The lowest BCUT2D eigenvalue weighted by molar-refractivity contribution is -0.122. The summed E-state index contributed by atoms with van der Waals surface area (Å²) in [6.07, 6.45) is 4.25. The Balaban J connectivity index is 1.70. The van der Waals surface area contributed by atoms with Crippen LogP contribution in [0.5, 0.6) is 0 Å². The Morgan fingerprint density at radius 1 is 1.38 bits per heavy atom. The zero-order chi connectivity index (χ0) is 15.2. The van der Waals surface area contributed by atoms with E-state index in [0.29, 0.717) is 28.5 Å². The summed E-state index contributed by atoms with van der Waals surface area (Å²) >= 11 is 11.9. The molecule has 116 valence electrons. The molecule has 2 rings (SSSR count). The standard InChI is InChI=1S/C16H22Cl2N2O/c1-11-9-13(7-8-19-11)20-16(21)4-2-3-12-5-6-14(17)15(18)10-12/h5-6,10-11,13,19H,2-4,7-9H2,1H3,(H,20,21). The van der Waals surface area contributed by atoms with Crippen molar-refractivity contribution in [1.29, 1.82) is 0 Å². The third kappa shape index (κ3) is 5.50. The molecule has 3 nitrogen and oxygen atoms in total. The molecule has 1 heterocycles. The highest BCUT2D eigenvalue weighted by Crippen LogP contribution is 2.23. The minimum atomic E-state index is 0.147. The number of hydrogen-bond donors (Lipinski definition) is 2. The molecule has 1 aliphatic rings. The Labute approximate surface area is 136 Å². The van der Waals surface area contributed by atoms with E-state index in [1.54, 1.807) is 6.07 Å². The van der Waals surface area contributed by atoms with Gasteiger partial charge in [0, 0.05) is 18.5 Å². The molecule has 21 heavy (non-hydrogen) atoms. The molecule has 2 atom stereocenters. The Morgan fingerprint density at radius 3 is 2.90 bits per heavy atom. The van der Waals surface area contributed by atoms with Crippen molar-refractivity contribution in [1.82, 2.24) is 10.6 Å². The van der Waals surface area contributed by atoms with Crippen molar-refractivity contribution in [3.05, 3.63) is 33.8 Å². The highest BCUT2D eigenvalue weighted by molar-refractivity contribution is 6.42. The second-order valence-corrected chi connectivity index (χ2v) is 6.56. The number of amides is 1. The summed E-state index contributed by atoms with van der Waals surface area (Å²) in [5.74, 6) is 0.147. The Morgan fingerprint density at radius 2 is 2.19 bits per heavy atom. The molecule has 0 aromatic heterocycles. The van der Waals surface area contributed by atoms with Gasteiger partial charge in [0.1, 0.15) is 0 Å². The van der Waals surface area contributed by atoms with Gasteiger partial charge < -0.3 is 10.6 Å². The van der Waals surface area contributed by atoms with E-state index in [9.17, 15) is 4.79 Å². The molecule has 1 saturated heterocycles. The second-order valence-electron chi connectivity index (χ2n) is 5.75. The average molecular weight is 329 g/mol. The molecular weight excluding hydrogens is 307 g/mol. The number of nitrogens with one attached hydrogen (secondary N) is 2. The number of piperidine rings is 1. The topological polar surface area (TPSA) is 41.1 Å². The summed E-state index contributed by atoms with van der Waals surface area (Å²) in [7, 11) is 0. The summed E-state index contributed by atoms with van der Waals surface area (Å²) in [5.41, 5.74) is 1.12. The van der Waals surface area contributed by atoms with Crippen LogP contribution in [-0.2, 0) is 11.2 Å². The van der Waals surface area contributed by atoms with E-state index in [4.69, 9.17) is 23.2 Å². The highest BCUT2D eigenvalue weighted by atomic mass is 35.5. The molecule has 2 unspecified atom stereocenters. The van der Waals surface area contributed by atoms with Gasteiger partial charge in [-0.2, -0.15) is 0 Å². The molecule has 1 aromatic carbocycles. The van der Waals surface area contributed by atoms with E-state index < -0.39 is 0 Å². The maximum atomic E-state index is 12.0. The fraction of sp³-hybridized carbons (Fsp3) is 0.562. The Bertz CT molecular complexity index is 493. The molecule has 1 amide bonds. The number of aryl methyl sites for hydroxylation is 1. The van der Waals surface area contributed by atoms with Gasteiger partial charge in [0.15, 0.2) is 0 Å². The first-order valence-corrected chi connectivity index (χ1v) is 8.27. The fourth-order valence-electron chi connectivity index (χ4n) is 2.71. The smallest absolute Gasteiger partial charge is 0.220 e. The van der Waals surface area contributed by atoms with E-state index in [-0.39, 0.29) is 5.91 Å². The predicted octanol–water partition coefficient (Wildman–Crippen LogP) is 3.57. The molecule has 0 bridgehead atoms. The average Bonchev–Trinajstić information content (AvgIpc) is 2.43. The second kappa shape index (κ2) is 8.02. The molecule has 0 spiro atoms. The quantitative estimate of drug-likeness (QED) is 0.867. The molecule has 5 heteroatoms. The van der Waals surface area contributed by atoms with Crippen molar-refractivity contribution in [2.45, 2.75) is 51.1 Å². The van der Waals surface area contributed by atoms with Crippen LogP contribution in [0.2, 0.25) is 10.0 Å². The van der Waals surface area contributed by atoms with Crippen molar-refractivity contribution in [3.8, 4) is 0 Å². The molecule has 1 aromatic rings. The van der Waals surface area contributed by atoms with Crippen LogP contribution in [0.15, 0.2) is 18.2 Å². The first-order valence-electron chi connectivity index (χ1n) is 7.51. The molecule has 1 fully saturated rings. The predicted molar refractivity (Wildman–Crippen MR) is 88.0 cm³/mol. The van der Waals surface area contributed by atoms with E-state index >= 15 is 0 Å². The number of hydrogen-bond acceptors (Lipinski definition) is 2. The fourth-order valence-corrected chi connectivity index (χ4v) is 3.03. The Kier molecular flexibility index (Phi) is 6.34. The minimum Gasteiger partial charge on any atom is -0.353 e. The van der Waals surface area contributed by atoms with Gasteiger partial charge in [-0.25, -0.2) is 0 Å². The normalized spacial score (nSPS) is 22.0. The van der Waals surface area contributed by atoms with Crippen LogP contribution in [0.1, 0.15) is 38.2 Å². The van der Waals surface area contributed by atoms with Crippen LogP contribution in [0.25, 0.3) is 0 Å². The third-order valence-electron chi connectivity index (χ3n) is 3.84. The summed E-state index contributed by atoms with van der Waals surface area (Å²) in [5, 5.41) is 7.65. The molecular formula is C16H22Cl2N2O. The van der Waals surface area contributed by atoms with E-state index in [2.05, 4.69) is 17.6 Å². The van der Waals surface area contributed by atoms with E-state index in [1.807, 2.05) is 12.1 Å². The number of carbonyl (C=O) groups excluding carboxylic acids is 1. The number of carbonyl (C=O) groups is 1. The highest BCUT2D eigenvalue weighted by Gasteiger charge is 2.19. The van der Waals surface area contributed by atoms with Gasteiger partial charge in [-0.3, -0.25) is 4.79 Å². The molecule has 1 aliphatic heterocycles. The molecule has 0 radical (unpaired) electrons. The monoisotopic (exact) mass is 328 g/mol. The summed E-state index contributed by atoms with van der Waals surface area (Å²) in [6, 6.07) is 6.44. The van der Waals surface area contributed by atoms with Gasteiger partial charge in [0.2, 0.25) is 5.91 Å². The van der Waals surface area contributed by atoms with Crippen LogP contribution in [0, 0.1) is 0 Å². The van der Waals surface area contributed by atoms with Gasteiger partial charge in [-0.15, -0.1) is 0 Å². The largest absolute Gasteiger partial charge is 0.353 e. The zero-order valence-electron chi connectivity index (χ0n) is 12.3. The van der Waals surface area contributed by atoms with E-state index in [0.717, 1.165) is 37.8 Å². The lowest BCUT2D eigenvalue weighted by Crippen LogP contribution is -2.46. The number of benzene rings is 1. The van der Waals surface area contributed by atoms with Crippen molar-refractivity contribution < 1.29 is 4.79 Å². The van der Waals surface area contributed by atoms with Gasteiger partial charge >= 0.3 is 0 Å². The van der Waals surface area contributed by atoms with Gasteiger partial charge in [-0.05, 0) is 56.8 Å². The summed E-state index contributed by atoms with van der Waals surface area (Å²) in [6.45, 7) is 3.14. The summed E-state index contributed by atoms with van der Waals surface area (Å²) < 4.78 is 0. The van der Waals surface area contributed by atoms with Crippen LogP contribution in [-0.4, -0.2) is 24.5 Å². The van der Waals surface area contributed by atoms with Crippen molar-refractivity contribution in [2.75, 3.05) is 6.54 Å². The first-order chi connectivity index (χ1) is 10.0. The van der Waals surface area contributed by atoms with Crippen LogP contribution in [0.4, 0.5) is 0 Å². The number of halogens is 2. The van der Waals surface area contributed by atoms with Gasteiger partial charge in [0.05, 0.1) is 10.0 Å². The third-order valence-corrected chi connectivity index (χ3v) is 4.58. The van der Waals surface area contributed by atoms with Crippen molar-refractivity contribution in [3.63, 3.8) is 0 Å². The van der Waals surface area contributed by atoms with Gasteiger partial charge in [0.25, 0.3) is 0 Å². The molecule has 2 N–H and O–H groups in total. The molecule has 0 saturated carbocycles. The van der Waals surface area contributed by atoms with Crippen molar-refractivity contribution in [2.24, 2.45) is 0 Å². The van der Waals surface area contributed by atoms with Crippen molar-refractivity contribution >= 4 is 29.1 Å². The maximum absolute atomic E-state index is 12.0. The van der Waals surface area contributed by atoms with Gasteiger partial charge in [-0.1, -0.05) is 29.3 Å². The number of rotatable bonds is 5. The zero-order valence-corrected chi connectivity index (χ0v) is 13.8. The Hall–Kier alpha value is -0.770. The maximum Gasteiger partial charge on any atom is 0.220 e. The SMILES string of the molecule is CC1CC(NC(=O)CCCc2ccc(Cl)c(Cl)c2)CCN1. The molecule has 0 aliphatic carbocycles. The van der Waals surface area contributed by atoms with Crippen LogP contribution in [0.3, 0.4) is 0 Å². The minimum absolute atomic E-state index is 0.147. The lowest BCUT2D eigenvalue weighted by Gasteiger charge is -2.28. The van der Waals surface area contributed by atoms with Crippen LogP contribution >= 0.6 is 23.2 Å². The summed E-state index contributed by atoms with van der Waals surface area (Å²) in [4.78, 5) is 12.0. The van der Waals surface area contributed by atoms with Crippen LogP contribution < -0.4 is 10.6 Å².